The van der Waals surface area contributed by atoms with Gasteiger partial charge in [-0.05, 0) is 30.2 Å². The standard InChI is InChI=1S/C16H18/c1-5-7-16-11-10-14(9-8-13(3)4)12-15(16)6-2/h5-7,10-13H,2H2,1,3-4H3/b7-5-. The second kappa shape index (κ2) is 5.98. The maximum Gasteiger partial charge on any atom is 0.0251 e. The first-order chi connectivity index (χ1) is 7.67. The van der Waals surface area contributed by atoms with Crippen LogP contribution in [0.5, 0.6) is 0 Å². The number of rotatable bonds is 2. The highest BCUT2D eigenvalue weighted by atomic mass is 14.0. The lowest BCUT2D eigenvalue weighted by molar-refractivity contribution is 0.866. The van der Waals surface area contributed by atoms with Gasteiger partial charge in [-0.25, -0.2) is 0 Å². The Balaban J connectivity index is 3.10. The summed E-state index contributed by atoms with van der Waals surface area (Å²) >= 11 is 0. The Hall–Kier alpha value is -1.74. The Morgan fingerprint density at radius 2 is 2.00 bits per heavy atom. The fraction of sp³-hybridized carbons (Fsp3) is 0.250. The molecule has 0 aliphatic heterocycles. The first kappa shape index (κ1) is 12.3. The molecule has 0 heterocycles. The summed E-state index contributed by atoms with van der Waals surface area (Å²) in [5.41, 5.74) is 3.37. The van der Waals surface area contributed by atoms with Gasteiger partial charge in [0.05, 0.1) is 0 Å². The molecule has 0 fully saturated rings. The van der Waals surface area contributed by atoms with E-state index < -0.39 is 0 Å². The predicted molar refractivity (Wildman–Crippen MR) is 73.0 cm³/mol. The first-order valence-electron chi connectivity index (χ1n) is 5.58. The van der Waals surface area contributed by atoms with Crippen molar-refractivity contribution in [2.45, 2.75) is 20.8 Å². The van der Waals surface area contributed by atoms with Crippen LogP contribution in [0.1, 0.15) is 37.5 Å². The predicted octanol–water partition coefficient (Wildman–Crippen LogP) is 4.37. The van der Waals surface area contributed by atoms with Crippen molar-refractivity contribution in [2.75, 3.05) is 0 Å². The third kappa shape index (κ3) is 3.44. The quantitative estimate of drug-likeness (QED) is 0.636. The van der Waals surface area contributed by atoms with E-state index in [0.29, 0.717) is 5.92 Å². The molecule has 0 heteroatoms. The molecule has 0 saturated heterocycles. The van der Waals surface area contributed by atoms with Crippen molar-refractivity contribution in [3.8, 4) is 11.8 Å². The van der Waals surface area contributed by atoms with Crippen molar-refractivity contribution in [1.82, 2.24) is 0 Å². The molecule has 0 unspecified atom stereocenters. The maximum absolute atomic E-state index is 3.83. The van der Waals surface area contributed by atoms with E-state index in [1.165, 1.54) is 5.56 Å². The Labute approximate surface area is 98.7 Å². The van der Waals surface area contributed by atoms with Gasteiger partial charge in [0.15, 0.2) is 0 Å². The van der Waals surface area contributed by atoms with Crippen LogP contribution in [0.15, 0.2) is 30.9 Å². The van der Waals surface area contributed by atoms with Crippen molar-refractivity contribution >= 4 is 12.2 Å². The summed E-state index contributed by atoms with van der Waals surface area (Å²) in [4.78, 5) is 0. The van der Waals surface area contributed by atoms with Crippen molar-refractivity contribution in [2.24, 2.45) is 5.92 Å². The van der Waals surface area contributed by atoms with Crippen LogP contribution >= 0.6 is 0 Å². The fourth-order valence-corrected chi connectivity index (χ4v) is 1.39. The molecule has 0 bridgehead atoms. The monoisotopic (exact) mass is 210 g/mol. The number of hydrogen-bond acceptors (Lipinski definition) is 0. The topological polar surface area (TPSA) is 0 Å². The minimum absolute atomic E-state index is 0.405. The molecule has 1 aromatic carbocycles. The summed E-state index contributed by atoms with van der Waals surface area (Å²) < 4.78 is 0. The van der Waals surface area contributed by atoms with E-state index in [0.717, 1.165) is 11.1 Å². The minimum Gasteiger partial charge on any atom is -0.0984 e. The second-order valence-corrected chi connectivity index (χ2v) is 3.97. The van der Waals surface area contributed by atoms with Crippen LogP contribution in [0.25, 0.3) is 12.2 Å². The van der Waals surface area contributed by atoms with Crippen LogP contribution in [0.4, 0.5) is 0 Å². The number of allylic oxidation sites excluding steroid dienone is 1. The number of benzene rings is 1. The average molecular weight is 210 g/mol. The minimum atomic E-state index is 0.405. The molecule has 0 aliphatic rings. The zero-order chi connectivity index (χ0) is 12.0. The van der Waals surface area contributed by atoms with Crippen molar-refractivity contribution in [3.63, 3.8) is 0 Å². The van der Waals surface area contributed by atoms with Crippen molar-refractivity contribution in [3.05, 3.63) is 47.5 Å². The second-order valence-electron chi connectivity index (χ2n) is 3.97. The molecule has 1 aromatic rings. The van der Waals surface area contributed by atoms with Crippen molar-refractivity contribution < 1.29 is 0 Å². The SMILES string of the molecule is C=Cc1cc(C#CC(C)C)ccc1/C=C\C. The van der Waals surface area contributed by atoms with Crippen molar-refractivity contribution in [1.29, 1.82) is 0 Å². The zero-order valence-corrected chi connectivity index (χ0v) is 10.2. The molecule has 1 rings (SSSR count). The Bertz CT molecular complexity index is 451. The molecule has 16 heavy (non-hydrogen) atoms. The molecule has 0 aromatic heterocycles. The summed E-state index contributed by atoms with van der Waals surface area (Å²) in [6.07, 6.45) is 5.98. The van der Waals surface area contributed by atoms with Crippen LogP contribution in [0.2, 0.25) is 0 Å². The van der Waals surface area contributed by atoms with Gasteiger partial charge in [-0.15, -0.1) is 0 Å². The van der Waals surface area contributed by atoms with Gasteiger partial charge in [0.1, 0.15) is 0 Å². The molecule has 0 radical (unpaired) electrons. The lowest BCUT2D eigenvalue weighted by Gasteiger charge is -2.01. The smallest absolute Gasteiger partial charge is 0.0251 e. The van der Waals surface area contributed by atoms with E-state index in [1.54, 1.807) is 0 Å². The summed E-state index contributed by atoms with van der Waals surface area (Å²) in [5, 5.41) is 0. The molecular weight excluding hydrogens is 192 g/mol. The molecule has 82 valence electrons. The lowest BCUT2D eigenvalue weighted by atomic mass is 10.0. The highest BCUT2D eigenvalue weighted by molar-refractivity contribution is 5.66. The van der Waals surface area contributed by atoms with Crippen LogP contribution in [0.3, 0.4) is 0 Å². The summed E-state index contributed by atoms with van der Waals surface area (Å²) in [6.45, 7) is 10.0. The molecular formula is C16H18. The normalized spacial score (nSPS) is 10.2. The van der Waals surface area contributed by atoms with E-state index >= 15 is 0 Å². The Kier molecular flexibility index (Phi) is 4.61. The molecule has 0 spiro atoms. The van der Waals surface area contributed by atoms with E-state index in [9.17, 15) is 0 Å². The average Bonchev–Trinajstić information content (AvgIpc) is 2.28. The maximum atomic E-state index is 3.83. The summed E-state index contributed by atoms with van der Waals surface area (Å²) in [7, 11) is 0. The van der Waals surface area contributed by atoms with Gasteiger partial charge in [0.25, 0.3) is 0 Å². The van der Waals surface area contributed by atoms with Gasteiger partial charge < -0.3 is 0 Å². The highest BCUT2D eigenvalue weighted by Gasteiger charge is 1.96. The third-order valence-corrected chi connectivity index (χ3v) is 2.16. The van der Waals surface area contributed by atoms with E-state index in [2.05, 4.69) is 56.5 Å². The lowest BCUT2D eigenvalue weighted by Crippen LogP contribution is -1.84. The van der Waals surface area contributed by atoms with Crippen LogP contribution in [-0.4, -0.2) is 0 Å². The largest absolute Gasteiger partial charge is 0.0984 e. The molecule has 0 aliphatic carbocycles. The molecule has 0 atom stereocenters. The van der Waals surface area contributed by atoms with Gasteiger partial charge in [0.2, 0.25) is 0 Å². The van der Waals surface area contributed by atoms with Gasteiger partial charge in [-0.2, -0.15) is 0 Å². The van der Waals surface area contributed by atoms with Gasteiger partial charge in [0, 0.05) is 11.5 Å². The van der Waals surface area contributed by atoms with Crippen LogP contribution in [0, 0.1) is 17.8 Å². The summed E-state index contributed by atoms with van der Waals surface area (Å²) in [5.74, 6) is 6.73. The molecule has 0 saturated carbocycles. The Morgan fingerprint density at radius 3 is 2.56 bits per heavy atom. The van der Waals surface area contributed by atoms with E-state index in [-0.39, 0.29) is 0 Å². The van der Waals surface area contributed by atoms with Gasteiger partial charge in [-0.3, -0.25) is 0 Å². The first-order valence-corrected chi connectivity index (χ1v) is 5.58. The zero-order valence-electron chi connectivity index (χ0n) is 10.2. The molecule has 0 N–H and O–H groups in total. The Morgan fingerprint density at radius 1 is 1.25 bits per heavy atom. The molecule has 0 amide bonds. The van der Waals surface area contributed by atoms with Crippen LogP contribution < -0.4 is 0 Å². The van der Waals surface area contributed by atoms with Crippen LogP contribution in [-0.2, 0) is 0 Å². The fourth-order valence-electron chi connectivity index (χ4n) is 1.39. The number of hydrogen-bond donors (Lipinski definition) is 0. The molecule has 0 nitrogen and oxygen atoms in total. The summed E-state index contributed by atoms with van der Waals surface area (Å²) in [6, 6.07) is 6.22. The van der Waals surface area contributed by atoms with Gasteiger partial charge in [-0.1, -0.05) is 56.6 Å². The highest BCUT2D eigenvalue weighted by Crippen LogP contribution is 2.14. The van der Waals surface area contributed by atoms with E-state index in [4.69, 9.17) is 0 Å². The van der Waals surface area contributed by atoms with E-state index in [1.807, 2.05) is 19.1 Å². The third-order valence-electron chi connectivity index (χ3n) is 2.16. The van der Waals surface area contributed by atoms with Gasteiger partial charge >= 0.3 is 0 Å².